The molecule has 3 aromatic rings. The van der Waals surface area contributed by atoms with Gasteiger partial charge >= 0.3 is 0 Å². The third-order valence-electron chi connectivity index (χ3n) is 6.66. The lowest BCUT2D eigenvalue weighted by atomic mass is 9.94. The summed E-state index contributed by atoms with van der Waals surface area (Å²) >= 11 is 0. The molecule has 1 saturated carbocycles. The number of aromatic nitrogens is 1. The fraction of sp³-hybridized carbons (Fsp3) is 0.357. The number of hydrogen-bond acceptors (Lipinski definition) is 5. The zero-order chi connectivity index (χ0) is 24.2. The summed E-state index contributed by atoms with van der Waals surface area (Å²) in [4.78, 5) is 17.6. The number of carbonyl (C=O) groups excluding carboxylic acids is 1. The van der Waals surface area contributed by atoms with Crippen LogP contribution in [-0.2, 0) is 6.54 Å². The summed E-state index contributed by atoms with van der Waals surface area (Å²) in [6.45, 7) is 6.81. The van der Waals surface area contributed by atoms with Gasteiger partial charge in [0, 0.05) is 37.2 Å². The molecule has 4 N–H and O–H groups in total. The summed E-state index contributed by atoms with van der Waals surface area (Å²) in [5.41, 5.74) is 9.02. The Morgan fingerprint density at radius 1 is 1.09 bits per heavy atom. The van der Waals surface area contributed by atoms with Gasteiger partial charge in [-0.2, -0.15) is 0 Å². The van der Waals surface area contributed by atoms with Gasteiger partial charge in [0.2, 0.25) is 0 Å². The van der Waals surface area contributed by atoms with Crippen molar-refractivity contribution in [3.63, 3.8) is 0 Å². The van der Waals surface area contributed by atoms with E-state index in [1.165, 1.54) is 11.1 Å². The van der Waals surface area contributed by atoms with Crippen LogP contribution in [0, 0.1) is 13.8 Å². The standard InChI is InChI=1S/C28H34N4O2/c1-17(16-33)30-14-21-15-31-27(13-24(21)20-11-12-20)28(34)32-26-10-6-8-23(19(26)3)22-7-5-9-25(29-4)18(22)2/h5-10,13,15,17,20,29-30,33H,11-12,14,16H2,1-4H3,(H,32,34)/t17-/m0/s1. The Morgan fingerprint density at radius 3 is 2.35 bits per heavy atom. The third-order valence-corrected chi connectivity index (χ3v) is 6.66. The van der Waals surface area contributed by atoms with Crippen molar-refractivity contribution in [3.8, 4) is 11.1 Å². The first kappa shape index (κ1) is 23.9. The summed E-state index contributed by atoms with van der Waals surface area (Å²) in [5.74, 6) is 0.286. The van der Waals surface area contributed by atoms with Crippen molar-refractivity contribution in [2.75, 3.05) is 24.3 Å². The Labute approximate surface area is 201 Å². The number of aliphatic hydroxyl groups excluding tert-OH is 1. The summed E-state index contributed by atoms with van der Waals surface area (Å²) in [6, 6.07) is 14.2. The van der Waals surface area contributed by atoms with E-state index in [1.807, 2.05) is 45.2 Å². The summed E-state index contributed by atoms with van der Waals surface area (Å²) in [5, 5.41) is 18.9. The van der Waals surface area contributed by atoms with Crippen molar-refractivity contribution in [1.82, 2.24) is 10.3 Å². The van der Waals surface area contributed by atoms with Gasteiger partial charge in [-0.15, -0.1) is 0 Å². The predicted molar refractivity (Wildman–Crippen MR) is 138 cm³/mol. The predicted octanol–water partition coefficient (Wildman–Crippen LogP) is 5.01. The van der Waals surface area contributed by atoms with Gasteiger partial charge in [0.1, 0.15) is 5.69 Å². The van der Waals surface area contributed by atoms with Gasteiger partial charge in [-0.25, -0.2) is 0 Å². The highest BCUT2D eigenvalue weighted by Crippen LogP contribution is 2.42. The van der Waals surface area contributed by atoms with Crippen LogP contribution in [-0.4, -0.2) is 35.7 Å². The first-order valence-corrected chi connectivity index (χ1v) is 11.9. The average molecular weight is 459 g/mol. The number of aliphatic hydroxyl groups is 1. The number of hydrogen-bond donors (Lipinski definition) is 4. The van der Waals surface area contributed by atoms with E-state index in [2.05, 4.69) is 46.1 Å². The summed E-state index contributed by atoms with van der Waals surface area (Å²) < 4.78 is 0. The Kier molecular flexibility index (Phi) is 7.29. The molecule has 0 radical (unpaired) electrons. The zero-order valence-electron chi connectivity index (χ0n) is 20.4. The van der Waals surface area contributed by atoms with Crippen molar-refractivity contribution < 1.29 is 9.90 Å². The summed E-state index contributed by atoms with van der Waals surface area (Å²) in [6.07, 6.45) is 4.08. The van der Waals surface area contributed by atoms with Gasteiger partial charge < -0.3 is 21.1 Å². The van der Waals surface area contributed by atoms with Crippen molar-refractivity contribution >= 4 is 17.3 Å². The van der Waals surface area contributed by atoms with Gasteiger partial charge in [0.15, 0.2) is 0 Å². The van der Waals surface area contributed by atoms with Crippen molar-refractivity contribution in [2.45, 2.75) is 52.1 Å². The van der Waals surface area contributed by atoms with Gasteiger partial charge in [0.25, 0.3) is 5.91 Å². The number of pyridine rings is 1. The van der Waals surface area contributed by atoms with Gasteiger partial charge in [-0.05, 0) is 91.1 Å². The van der Waals surface area contributed by atoms with E-state index in [0.29, 0.717) is 18.2 Å². The molecule has 2 aromatic carbocycles. The van der Waals surface area contributed by atoms with Crippen LogP contribution in [0.5, 0.6) is 0 Å². The van der Waals surface area contributed by atoms with Crippen LogP contribution < -0.4 is 16.0 Å². The minimum absolute atomic E-state index is 0.0164. The monoisotopic (exact) mass is 458 g/mol. The van der Waals surface area contributed by atoms with Crippen LogP contribution in [0.25, 0.3) is 11.1 Å². The van der Waals surface area contributed by atoms with Crippen LogP contribution in [0.1, 0.15) is 58.4 Å². The van der Waals surface area contributed by atoms with E-state index in [-0.39, 0.29) is 18.6 Å². The fourth-order valence-corrected chi connectivity index (χ4v) is 4.34. The Hall–Kier alpha value is -3.22. The molecular formula is C28H34N4O2. The first-order chi connectivity index (χ1) is 16.4. The highest BCUT2D eigenvalue weighted by atomic mass is 16.3. The van der Waals surface area contributed by atoms with E-state index in [1.54, 1.807) is 6.20 Å². The molecule has 4 rings (SSSR count). The SMILES string of the molecule is CNc1cccc(-c2cccc(NC(=O)c3cc(C4CC4)c(CN[C@@H](C)CO)cn3)c2C)c1C. The molecular weight excluding hydrogens is 424 g/mol. The maximum Gasteiger partial charge on any atom is 0.274 e. The second-order valence-electron chi connectivity index (χ2n) is 9.17. The van der Waals surface area contributed by atoms with Crippen LogP contribution in [0.2, 0.25) is 0 Å². The lowest BCUT2D eigenvalue weighted by molar-refractivity contribution is 0.102. The van der Waals surface area contributed by atoms with E-state index in [4.69, 9.17) is 0 Å². The largest absolute Gasteiger partial charge is 0.395 e. The molecule has 1 aliphatic rings. The molecule has 1 atom stereocenters. The Morgan fingerprint density at radius 2 is 1.74 bits per heavy atom. The first-order valence-electron chi connectivity index (χ1n) is 11.9. The zero-order valence-corrected chi connectivity index (χ0v) is 20.4. The topological polar surface area (TPSA) is 86.3 Å². The van der Waals surface area contributed by atoms with Gasteiger partial charge in [-0.3, -0.25) is 9.78 Å². The minimum atomic E-state index is -0.203. The third kappa shape index (κ3) is 5.13. The molecule has 1 amide bonds. The molecule has 1 aromatic heterocycles. The number of benzene rings is 2. The van der Waals surface area contributed by atoms with Crippen LogP contribution in [0.15, 0.2) is 48.7 Å². The summed E-state index contributed by atoms with van der Waals surface area (Å²) in [7, 11) is 1.92. The maximum atomic E-state index is 13.2. The van der Waals surface area contributed by atoms with Crippen molar-refractivity contribution in [1.29, 1.82) is 0 Å². The quantitative estimate of drug-likeness (QED) is 0.362. The molecule has 1 fully saturated rings. The van der Waals surface area contributed by atoms with Crippen molar-refractivity contribution in [2.24, 2.45) is 0 Å². The molecule has 0 aliphatic heterocycles. The molecule has 178 valence electrons. The van der Waals surface area contributed by atoms with Crippen LogP contribution in [0.3, 0.4) is 0 Å². The second-order valence-corrected chi connectivity index (χ2v) is 9.17. The molecule has 0 saturated heterocycles. The van der Waals surface area contributed by atoms with Crippen LogP contribution in [0.4, 0.5) is 11.4 Å². The molecule has 0 bridgehead atoms. The fourth-order valence-electron chi connectivity index (χ4n) is 4.34. The molecule has 0 unspecified atom stereocenters. The van der Waals surface area contributed by atoms with E-state index < -0.39 is 0 Å². The molecule has 1 heterocycles. The second kappa shape index (κ2) is 10.4. The highest BCUT2D eigenvalue weighted by Gasteiger charge is 2.27. The maximum absolute atomic E-state index is 13.2. The molecule has 0 spiro atoms. The van der Waals surface area contributed by atoms with E-state index in [0.717, 1.165) is 46.5 Å². The normalized spacial score (nSPS) is 14.0. The van der Waals surface area contributed by atoms with Crippen LogP contribution >= 0.6 is 0 Å². The number of nitrogens with one attached hydrogen (secondary N) is 3. The lowest BCUT2D eigenvalue weighted by Crippen LogP contribution is -2.29. The number of nitrogens with zero attached hydrogens (tertiary/aromatic N) is 1. The number of rotatable bonds is 9. The smallest absolute Gasteiger partial charge is 0.274 e. The molecule has 6 nitrogen and oxygen atoms in total. The number of carbonyl (C=O) groups is 1. The van der Waals surface area contributed by atoms with E-state index >= 15 is 0 Å². The highest BCUT2D eigenvalue weighted by molar-refractivity contribution is 6.04. The number of anilines is 2. The minimum Gasteiger partial charge on any atom is -0.395 e. The number of amides is 1. The lowest BCUT2D eigenvalue weighted by Gasteiger charge is -2.17. The average Bonchev–Trinajstić information content (AvgIpc) is 3.69. The van der Waals surface area contributed by atoms with Gasteiger partial charge in [-0.1, -0.05) is 24.3 Å². The van der Waals surface area contributed by atoms with Crippen molar-refractivity contribution in [3.05, 3.63) is 76.6 Å². The van der Waals surface area contributed by atoms with Gasteiger partial charge in [0.05, 0.1) is 6.61 Å². The van der Waals surface area contributed by atoms with E-state index in [9.17, 15) is 9.90 Å². The molecule has 34 heavy (non-hydrogen) atoms. The Bertz CT molecular complexity index is 1190. The molecule has 1 aliphatic carbocycles. The Balaban J connectivity index is 1.58. The molecule has 6 heteroatoms.